The molecule has 0 heterocycles. The molecule has 1 aromatic carbocycles. The van der Waals surface area contributed by atoms with E-state index in [2.05, 4.69) is 27.9 Å². The molecule has 3 N–H and O–H groups in total. The van der Waals surface area contributed by atoms with Crippen LogP contribution in [0.5, 0.6) is 0 Å². The molecule has 1 aliphatic carbocycles. The van der Waals surface area contributed by atoms with Crippen LogP contribution in [-0.4, -0.2) is 19.4 Å². The van der Waals surface area contributed by atoms with E-state index in [1.807, 2.05) is 18.2 Å². The van der Waals surface area contributed by atoms with Gasteiger partial charge in [-0.1, -0.05) is 28.8 Å². The summed E-state index contributed by atoms with van der Waals surface area (Å²) in [5.74, 6) is 0.919. The van der Waals surface area contributed by atoms with Crippen molar-refractivity contribution in [1.82, 2.24) is 0 Å². The van der Waals surface area contributed by atoms with E-state index >= 15 is 0 Å². The summed E-state index contributed by atoms with van der Waals surface area (Å²) in [4.78, 5) is 2.24. The first kappa shape index (κ1) is 13.4. The van der Waals surface area contributed by atoms with Crippen LogP contribution in [0.2, 0.25) is 0 Å². The minimum atomic E-state index is 0.129. The summed E-state index contributed by atoms with van der Waals surface area (Å²) >= 11 is 3.43. The number of hydrogen-bond donors (Lipinski definition) is 2. The summed E-state index contributed by atoms with van der Waals surface area (Å²) < 4.78 is 0.964. The number of amidine groups is 1. The largest absolute Gasteiger partial charge is 0.384 e. The lowest BCUT2D eigenvalue weighted by Gasteiger charge is -2.25. The van der Waals surface area contributed by atoms with E-state index in [1.54, 1.807) is 0 Å². The minimum absolute atomic E-state index is 0.129. The van der Waals surface area contributed by atoms with E-state index in [9.17, 15) is 0 Å². The lowest BCUT2D eigenvalue weighted by molar-refractivity contribution is 0.547. The highest BCUT2D eigenvalue weighted by atomic mass is 79.9. The molecule has 0 amide bonds. The maximum atomic E-state index is 7.68. The van der Waals surface area contributed by atoms with E-state index in [4.69, 9.17) is 11.1 Å². The number of nitrogens with zero attached hydrogens (tertiary/aromatic N) is 1. The third kappa shape index (κ3) is 3.05. The average Bonchev–Trinajstić information content (AvgIpc) is 2.81. The summed E-state index contributed by atoms with van der Waals surface area (Å²) in [6, 6.07) is 5.96. The van der Waals surface area contributed by atoms with Gasteiger partial charge in [0, 0.05) is 29.3 Å². The topological polar surface area (TPSA) is 53.1 Å². The van der Waals surface area contributed by atoms with Crippen LogP contribution in [0, 0.1) is 11.3 Å². The van der Waals surface area contributed by atoms with E-state index in [1.165, 1.54) is 25.7 Å². The predicted octanol–water partition coefficient (Wildman–Crippen LogP) is 3.36. The van der Waals surface area contributed by atoms with Crippen molar-refractivity contribution in [2.75, 3.05) is 18.5 Å². The Hall–Kier alpha value is -1.03. The van der Waals surface area contributed by atoms with Gasteiger partial charge in [0.25, 0.3) is 0 Å². The number of anilines is 1. The monoisotopic (exact) mass is 309 g/mol. The van der Waals surface area contributed by atoms with Gasteiger partial charge in [0.1, 0.15) is 5.84 Å². The Morgan fingerprint density at radius 1 is 1.44 bits per heavy atom. The zero-order valence-corrected chi connectivity index (χ0v) is 12.3. The van der Waals surface area contributed by atoms with Crippen molar-refractivity contribution in [2.45, 2.75) is 25.7 Å². The molecule has 0 spiro atoms. The highest BCUT2D eigenvalue weighted by Crippen LogP contribution is 2.29. The van der Waals surface area contributed by atoms with Gasteiger partial charge in [0.05, 0.1) is 0 Å². The van der Waals surface area contributed by atoms with Crippen molar-refractivity contribution in [2.24, 2.45) is 11.7 Å². The molecular formula is C14H20BrN3. The Kier molecular flexibility index (Phi) is 4.27. The van der Waals surface area contributed by atoms with Crippen LogP contribution in [0.3, 0.4) is 0 Å². The summed E-state index contributed by atoms with van der Waals surface area (Å²) in [5.41, 5.74) is 7.53. The van der Waals surface area contributed by atoms with Crippen LogP contribution in [-0.2, 0) is 0 Å². The second-order valence-electron chi connectivity index (χ2n) is 5.11. The molecule has 0 aromatic heterocycles. The molecular weight excluding hydrogens is 290 g/mol. The Labute approximate surface area is 117 Å². The lowest BCUT2D eigenvalue weighted by Crippen LogP contribution is -2.27. The summed E-state index contributed by atoms with van der Waals surface area (Å²) in [6.45, 7) is 1.06. The number of nitrogen functional groups attached to an aromatic ring is 1. The molecule has 18 heavy (non-hydrogen) atoms. The van der Waals surface area contributed by atoms with Crippen molar-refractivity contribution in [1.29, 1.82) is 5.41 Å². The fraction of sp³-hybridized carbons (Fsp3) is 0.500. The first-order valence-electron chi connectivity index (χ1n) is 6.43. The van der Waals surface area contributed by atoms with E-state index in [0.717, 1.165) is 28.2 Å². The molecule has 0 atom stereocenters. The summed E-state index contributed by atoms with van der Waals surface area (Å²) in [5, 5.41) is 7.68. The van der Waals surface area contributed by atoms with Crippen LogP contribution in [0.1, 0.15) is 31.2 Å². The van der Waals surface area contributed by atoms with Gasteiger partial charge in [-0.05, 0) is 37.0 Å². The molecule has 0 radical (unpaired) electrons. The van der Waals surface area contributed by atoms with E-state index < -0.39 is 0 Å². The second kappa shape index (κ2) is 5.74. The van der Waals surface area contributed by atoms with Gasteiger partial charge in [-0.25, -0.2) is 0 Å². The molecule has 1 aromatic rings. The molecule has 1 fully saturated rings. The molecule has 2 rings (SSSR count). The van der Waals surface area contributed by atoms with Gasteiger partial charge in [0.15, 0.2) is 0 Å². The average molecular weight is 310 g/mol. The third-order valence-electron chi connectivity index (χ3n) is 3.67. The van der Waals surface area contributed by atoms with Crippen molar-refractivity contribution in [3.05, 3.63) is 28.2 Å². The number of halogens is 1. The Bertz CT molecular complexity index is 439. The highest BCUT2D eigenvalue weighted by molar-refractivity contribution is 9.10. The molecule has 0 saturated heterocycles. The Morgan fingerprint density at radius 2 is 2.11 bits per heavy atom. The Morgan fingerprint density at radius 3 is 2.72 bits per heavy atom. The SMILES string of the molecule is CN(CC1CCCC1)c1ccc(Br)cc1C(=N)N. The van der Waals surface area contributed by atoms with Gasteiger partial charge < -0.3 is 10.6 Å². The molecule has 3 nitrogen and oxygen atoms in total. The molecule has 0 unspecified atom stereocenters. The van der Waals surface area contributed by atoms with Gasteiger partial charge in [-0.15, -0.1) is 0 Å². The first-order valence-corrected chi connectivity index (χ1v) is 7.22. The van der Waals surface area contributed by atoms with Crippen LogP contribution < -0.4 is 10.6 Å². The zero-order chi connectivity index (χ0) is 13.1. The molecule has 98 valence electrons. The third-order valence-corrected chi connectivity index (χ3v) is 4.16. The molecule has 0 aliphatic heterocycles. The number of nitrogens with one attached hydrogen (secondary N) is 1. The lowest BCUT2D eigenvalue weighted by atomic mass is 10.1. The van der Waals surface area contributed by atoms with Gasteiger partial charge in [-0.3, -0.25) is 5.41 Å². The standard InChI is InChI=1S/C14H20BrN3/c1-18(9-10-4-2-3-5-10)13-7-6-11(15)8-12(13)14(16)17/h6-8,10H,2-5,9H2,1H3,(H3,16,17). The Balaban J connectivity index is 2.17. The van der Waals surface area contributed by atoms with Crippen LogP contribution in [0.25, 0.3) is 0 Å². The predicted molar refractivity (Wildman–Crippen MR) is 80.4 cm³/mol. The molecule has 1 saturated carbocycles. The molecule has 1 aliphatic rings. The summed E-state index contributed by atoms with van der Waals surface area (Å²) in [6.07, 6.45) is 5.38. The zero-order valence-electron chi connectivity index (χ0n) is 10.7. The number of hydrogen-bond acceptors (Lipinski definition) is 2. The molecule has 4 heteroatoms. The quantitative estimate of drug-likeness (QED) is 0.662. The smallest absolute Gasteiger partial charge is 0.124 e. The van der Waals surface area contributed by atoms with Crippen molar-refractivity contribution in [3.8, 4) is 0 Å². The van der Waals surface area contributed by atoms with Crippen molar-refractivity contribution < 1.29 is 0 Å². The number of benzene rings is 1. The number of nitrogens with two attached hydrogens (primary N) is 1. The van der Waals surface area contributed by atoms with Crippen LogP contribution in [0.4, 0.5) is 5.69 Å². The van der Waals surface area contributed by atoms with Gasteiger partial charge in [-0.2, -0.15) is 0 Å². The minimum Gasteiger partial charge on any atom is -0.384 e. The van der Waals surface area contributed by atoms with Gasteiger partial charge in [0.2, 0.25) is 0 Å². The maximum Gasteiger partial charge on any atom is 0.124 e. The fourth-order valence-electron chi connectivity index (χ4n) is 2.74. The normalized spacial score (nSPS) is 15.9. The van der Waals surface area contributed by atoms with E-state index in [0.29, 0.717) is 0 Å². The fourth-order valence-corrected chi connectivity index (χ4v) is 3.10. The van der Waals surface area contributed by atoms with E-state index in [-0.39, 0.29) is 5.84 Å². The van der Waals surface area contributed by atoms with Gasteiger partial charge >= 0.3 is 0 Å². The van der Waals surface area contributed by atoms with Crippen LogP contribution in [0.15, 0.2) is 22.7 Å². The van der Waals surface area contributed by atoms with Crippen LogP contribution >= 0.6 is 15.9 Å². The number of rotatable bonds is 4. The first-order chi connectivity index (χ1) is 8.58. The summed E-state index contributed by atoms with van der Waals surface area (Å²) in [7, 11) is 2.09. The second-order valence-corrected chi connectivity index (χ2v) is 6.02. The highest BCUT2D eigenvalue weighted by Gasteiger charge is 2.18. The molecule has 0 bridgehead atoms. The van der Waals surface area contributed by atoms with Crippen molar-refractivity contribution >= 4 is 27.5 Å². The maximum absolute atomic E-state index is 7.68. The van der Waals surface area contributed by atoms with Crippen molar-refractivity contribution in [3.63, 3.8) is 0 Å².